The highest BCUT2D eigenvalue weighted by atomic mass is 16.6. The zero-order valence-corrected chi connectivity index (χ0v) is 15.5. The molecule has 2 aromatic rings. The molecule has 28 heavy (non-hydrogen) atoms. The van der Waals surface area contributed by atoms with Gasteiger partial charge in [-0.25, -0.2) is 0 Å². The Labute approximate surface area is 163 Å². The standard InChI is InChI=1S/C21H23N3O4/c22-20(25)16-7-5-15(6-8-16)13-23-9-11-24(12-10-23)21(26)19-14-27-17-3-1-2-4-18(17)28-19/h1-8,19H,9-14H2,(H2,22,25)/t19-/m0/s1. The summed E-state index contributed by atoms with van der Waals surface area (Å²) in [6.07, 6.45) is -0.595. The molecular formula is C21H23N3O4. The average Bonchev–Trinajstić information content (AvgIpc) is 2.74. The van der Waals surface area contributed by atoms with E-state index in [2.05, 4.69) is 4.90 Å². The summed E-state index contributed by atoms with van der Waals surface area (Å²) in [7, 11) is 0. The summed E-state index contributed by atoms with van der Waals surface area (Å²) in [6.45, 7) is 3.89. The summed E-state index contributed by atoms with van der Waals surface area (Å²) < 4.78 is 11.5. The lowest BCUT2D eigenvalue weighted by Crippen LogP contribution is -2.53. The second kappa shape index (κ2) is 7.90. The molecule has 0 unspecified atom stereocenters. The molecule has 2 aromatic carbocycles. The Morgan fingerprint density at radius 2 is 1.64 bits per heavy atom. The van der Waals surface area contributed by atoms with Gasteiger partial charge in [-0.3, -0.25) is 14.5 Å². The maximum Gasteiger partial charge on any atom is 0.267 e. The largest absolute Gasteiger partial charge is 0.485 e. The van der Waals surface area contributed by atoms with Crippen molar-refractivity contribution in [2.45, 2.75) is 12.6 Å². The molecule has 0 aliphatic carbocycles. The monoisotopic (exact) mass is 381 g/mol. The highest BCUT2D eigenvalue weighted by molar-refractivity contribution is 5.92. The maximum atomic E-state index is 12.8. The van der Waals surface area contributed by atoms with Crippen molar-refractivity contribution in [1.29, 1.82) is 0 Å². The van der Waals surface area contributed by atoms with E-state index in [1.165, 1.54) is 0 Å². The van der Waals surface area contributed by atoms with Crippen LogP contribution in [0, 0.1) is 0 Å². The number of ether oxygens (including phenoxy) is 2. The van der Waals surface area contributed by atoms with Crippen molar-refractivity contribution in [3.8, 4) is 11.5 Å². The maximum absolute atomic E-state index is 12.8. The zero-order valence-electron chi connectivity index (χ0n) is 15.5. The Hall–Kier alpha value is -3.06. The molecule has 7 heteroatoms. The van der Waals surface area contributed by atoms with Gasteiger partial charge in [0.05, 0.1) is 0 Å². The van der Waals surface area contributed by atoms with E-state index in [1.807, 2.05) is 41.3 Å². The van der Waals surface area contributed by atoms with Gasteiger partial charge in [0.1, 0.15) is 6.61 Å². The number of rotatable bonds is 4. The molecule has 1 saturated heterocycles. The first-order valence-electron chi connectivity index (χ1n) is 9.38. The van der Waals surface area contributed by atoms with Crippen LogP contribution < -0.4 is 15.2 Å². The van der Waals surface area contributed by atoms with Crippen LogP contribution in [-0.2, 0) is 11.3 Å². The molecule has 0 saturated carbocycles. The van der Waals surface area contributed by atoms with Crippen molar-refractivity contribution in [3.63, 3.8) is 0 Å². The molecule has 0 radical (unpaired) electrons. The number of fused-ring (bicyclic) bond motifs is 1. The number of carbonyl (C=O) groups excluding carboxylic acids is 2. The molecule has 0 aromatic heterocycles. The first-order chi connectivity index (χ1) is 13.6. The fourth-order valence-corrected chi connectivity index (χ4v) is 3.50. The Bertz CT molecular complexity index is 860. The number of hydrogen-bond acceptors (Lipinski definition) is 5. The first-order valence-corrected chi connectivity index (χ1v) is 9.38. The third kappa shape index (κ3) is 3.94. The molecule has 0 spiro atoms. The van der Waals surface area contributed by atoms with Crippen LogP contribution >= 0.6 is 0 Å². The highest BCUT2D eigenvalue weighted by Crippen LogP contribution is 2.31. The molecule has 2 N–H and O–H groups in total. The number of para-hydroxylation sites is 2. The number of piperazine rings is 1. The fraction of sp³-hybridized carbons (Fsp3) is 0.333. The Kier molecular flexibility index (Phi) is 5.16. The molecule has 7 nitrogen and oxygen atoms in total. The van der Waals surface area contributed by atoms with E-state index in [1.54, 1.807) is 12.1 Å². The van der Waals surface area contributed by atoms with Crippen molar-refractivity contribution < 1.29 is 19.1 Å². The van der Waals surface area contributed by atoms with E-state index in [0.29, 0.717) is 30.2 Å². The third-order valence-electron chi connectivity index (χ3n) is 5.11. The van der Waals surface area contributed by atoms with Gasteiger partial charge in [0.15, 0.2) is 11.5 Å². The Morgan fingerprint density at radius 3 is 2.32 bits per heavy atom. The molecule has 4 rings (SSSR count). The summed E-state index contributed by atoms with van der Waals surface area (Å²) in [6, 6.07) is 14.7. The van der Waals surface area contributed by atoms with Gasteiger partial charge in [-0.2, -0.15) is 0 Å². The number of hydrogen-bond donors (Lipinski definition) is 1. The van der Waals surface area contributed by atoms with Gasteiger partial charge < -0.3 is 20.1 Å². The molecule has 1 fully saturated rings. The summed E-state index contributed by atoms with van der Waals surface area (Å²) >= 11 is 0. The highest BCUT2D eigenvalue weighted by Gasteiger charge is 2.32. The number of amides is 2. The smallest absolute Gasteiger partial charge is 0.267 e. The summed E-state index contributed by atoms with van der Waals surface area (Å²) in [5, 5.41) is 0. The SMILES string of the molecule is NC(=O)c1ccc(CN2CCN(C(=O)[C@@H]3COc4ccccc4O3)CC2)cc1. The van der Waals surface area contributed by atoms with Gasteiger partial charge >= 0.3 is 0 Å². The van der Waals surface area contributed by atoms with Crippen LogP contribution in [0.15, 0.2) is 48.5 Å². The lowest BCUT2D eigenvalue weighted by molar-refractivity contribution is -0.143. The number of primary amides is 1. The van der Waals surface area contributed by atoms with Crippen LogP contribution in [0.1, 0.15) is 15.9 Å². The van der Waals surface area contributed by atoms with Gasteiger partial charge in [-0.1, -0.05) is 24.3 Å². The second-order valence-corrected chi connectivity index (χ2v) is 7.03. The first kappa shape index (κ1) is 18.3. The van der Waals surface area contributed by atoms with Crippen LogP contribution in [0.2, 0.25) is 0 Å². The summed E-state index contributed by atoms with van der Waals surface area (Å²) in [5.41, 5.74) is 6.90. The van der Waals surface area contributed by atoms with Crippen LogP contribution in [0.4, 0.5) is 0 Å². The van der Waals surface area contributed by atoms with Gasteiger partial charge in [0.2, 0.25) is 12.0 Å². The molecular weight excluding hydrogens is 358 g/mol. The molecule has 0 bridgehead atoms. The molecule has 2 aliphatic rings. The van der Waals surface area contributed by atoms with Gasteiger partial charge in [-0.15, -0.1) is 0 Å². The van der Waals surface area contributed by atoms with E-state index in [9.17, 15) is 9.59 Å². The van der Waals surface area contributed by atoms with Crippen LogP contribution in [0.5, 0.6) is 11.5 Å². The minimum absolute atomic E-state index is 0.0278. The average molecular weight is 381 g/mol. The number of nitrogens with two attached hydrogens (primary N) is 1. The molecule has 2 heterocycles. The molecule has 1 atom stereocenters. The van der Waals surface area contributed by atoms with Crippen LogP contribution in [-0.4, -0.2) is 60.5 Å². The van der Waals surface area contributed by atoms with Crippen molar-refractivity contribution in [2.75, 3.05) is 32.8 Å². The number of nitrogens with zero attached hydrogens (tertiary/aromatic N) is 2. The summed E-state index contributed by atoms with van der Waals surface area (Å²) in [4.78, 5) is 28.1. The lowest BCUT2D eigenvalue weighted by atomic mass is 10.1. The normalized spacial score (nSPS) is 19.3. The lowest BCUT2D eigenvalue weighted by Gasteiger charge is -2.37. The van der Waals surface area contributed by atoms with Crippen molar-refractivity contribution in [3.05, 3.63) is 59.7 Å². The quantitative estimate of drug-likeness (QED) is 0.862. The molecule has 2 amide bonds. The predicted octanol–water partition coefficient (Wildman–Crippen LogP) is 1.27. The Morgan fingerprint density at radius 1 is 0.964 bits per heavy atom. The van der Waals surface area contributed by atoms with Gasteiger partial charge in [-0.05, 0) is 29.8 Å². The fourth-order valence-electron chi connectivity index (χ4n) is 3.50. The minimum atomic E-state index is -0.595. The third-order valence-corrected chi connectivity index (χ3v) is 5.11. The van der Waals surface area contributed by atoms with Crippen molar-refractivity contribution in [1.82, 2.24) is 9.80 Å². The van der Waals surface area contributed by atoms with E-state index in [0.717, 1.165) is 25.2 Å². The van der Waals surface area contributed by atoms with Crippen molar-refractivity contribution in [2.24, 2.45) is 5.73 Å². The van der Waals surface area contributed by atoms with E-state index < -0.39 is 12.0 Å². The predicted molar refractivity (Wildman–Crippen MR) is 103 cm³/mol. The summed E-state index contributed by atoms with van der Waals surface area (Å²) in [5.74, 6) is 0.846. The van der Waals surface area contributed by atoms with Crippen LogP contribution in [0.25, 0.3) is 0 Å². The zero-order chi connectivity index (χ0) is 19.5. The number of benzene rings is 2. The topological polar surface area (TPSA) is 85.1 Å². The van der Waals surface area contributed by atoms with Crippen molar-refractivity contribution >= 4 is 11.8 Å². The van der Waals surface area contributed by atoms with Gasteiger partial charge in [0, 0.05) is 38.3 Å². The van der Waals surface area contributed by atoms with E-state index in [-0.39, 0.29) is 12.5 Å². The Balaban J connectivity index is 1.29. The van der Waals surface area contributed by atoms with Gasteiger partial charge in [0.25, 0.3) is 5.91 Å². The molecule has 2 aliphatic heterocycles. The minimum Gasteiger partial charge on any atom is -0.485 e. The second-order valence-electron chi connectivity index (χ2n) is 7.03. The van der Waals surface area contributed by atoms with Crippen LogP contribution in [0.3, 0.4) is 0 Å². The van der Waals surface area contributed by atoms with E-state index in [4.69, 9.17) is 15.2 Å². The number of carbonyl (C=O) groups is 2. The van der Waals surface area contributed by atoms with E-state index >= 15 is 0 Å². The molecule has 146 valence electrons.